The topological polar surface area (TPSA) is 65.8 Å². The van der Waals surface area contributed by atoms with Crippen molar-refractivity contribution in [2.45, 2.75) is 24.8 Å². The molecule has 2 rings (SSSR count). The van der Waals surface area contributed by atoms with Gasteiger partial charge in [0.15, 0.2) is 0 Å². The van der Waals surface area contributed by atoms with Crippen LogP contribution < -0.4 is 5.32 Å². The molecule has 0 aliphatic heterocycles. The maximum Gasteiger partial charge on any atom is 0.271 e. The summed E-state index contributed by atoms with van der Waals surface area (Å²) >= 11 is 0. The van der Waals surface area contributed by atoms with Crippen molar-refractivity contribution in [1.29, 1.82) is 5.26 Å². The number of nitrogens with one attached hydrogen (secondary N) is 1. The van der Waals surface area contributed by atoms with Gasteiger partial charge in [0.05, 0.1) is 6.07 Å². The zero-order valence-electron chi connectivity index (χ0n) is 8.53. The largest absolute Gasteiger partial charge is 0.332 e. The lowest BCUT2D eigenvalue weighted by molar-refractivity contribution is 0.0875. The second kappa shape index (κ2) is 3.89. The Morgan fingerprint density at radius 2 is 2.31 bits per heavy atom. The van der Waals surface area contributed by atoms with Gasteiger partial charge in [-0.05, 0) is 31.4 Å². The van der Waals surface area contributed by atoms with Crippen LogP contribution >= 0.6 is 0 Å². The summed E-state index contributed by atoms with van der Waals surface area (Å²) in [5.41, 5.74) is -0.771. The van der Waals surface area contributed by atoms with E-state index in [-0.39, 0.29) is 5.69 Å². The lowest BCUT2D eigenvalue weighted by Gasteiger charge is -2.35. The van der Waals surface area contributed by atoms with Crippen LogP contribution in [0.4, 0.5) is 4.39 Å². The molecule has 16 heavy (non-hydrogen) atoms. The Morgan fingerprint density at radius 3 is 2.81 bits per heavy atom. The smallest absolute Gasteiger partial charge is 0.271 e. The zero-order chi connectivity index (χ0) is 11.6. The van der Waals surface area contributed by atoms with E-state index in [4.69, 9.17) is 5.26 Å². The fraction of sp³-hybridized carbons (Fsp3) is 0.364. The number of amides is 1. The summed E-state index contributed by atoms with van der Waals surface area (Å²) in [6.07, 6.45) is 2.21. The van der Waals surface area contributed by atoms with E-state index in [0.29, 0.717) is 12.8 Å². The fourth-order valence-corrected chi connectivity index (χ4v) is 1.61. The van der Waals surface area contributed by atoms with Gasteiger partial charge >= 0.3 is 0 Å². The van der Waals surface area contributed by atoms with E-state index < -0.39 is 17.4 Å². The maximum atomic E-state index is 12.8. The molecule has 0 aromatic carbocycles. The molecular weight excluding hydrogens is 209 g/mol. The number of nitriles is 1. The minimum atomic E-state index is -0.773. The second-order valence-electron chi connectivity index (χ2n) is 3.85. The van der Waals surface area contributed by atoms with Crippen LogP contribution in [0, 0.1) is 17.3 Å². The number of carbonyl (C=O) groups is 1. The number of pyridine rings is 1. The molecule has 5 heteroatoms. The van der Waals surface area contributed by atoms with Crippen LogP contribution in [0.1, 0.15) is 29.8 Å². The molecular formula is C11H10FN3O. The van der Waals surface area contributed by atoms with Crippen LogP contribution in [0.15, 0.2) is 18.2 Å². The Kier molecular flexibility index (Phi) is 2.57. The molecule has 1 saturated carbocycles. The zero-order valence-corrected chi connectivity index (χ0v) is 8.53. The van der Waals surface area contributed by atoms with Gasteiger partial charge in [-0.25, -0.2) is 4.98 Å². The lowest BCUT2D eigenvalue weighted by Crippen LogP contribution is -2.52. The van der Waals surface area contributed by atoms with Crippen molar-refractivity contribution in [3.8, 4) is 6.07 Å². The van der Waals surface area contributed by atoms with Crippen molar-refractivity contribution >= 4 is 5.91 Å². The number of hydrogen-bond donors (Lipinski definition) is 1. The Morgan fingerprint density at radius 1 is 1.56 bits per heavy atom. The molecule has 82 valence electrons. The number of aromatic nitrogens is 1. The highest BCUT2D eigenvalue weighted by atomic mass is 19.1. The van der Waals surface area contributed by atoms with E-state index in [1.54, 1.807) is 0 Å². The summed E-state index contributed by atoms with van der Waals surface area (Å²) in [5.74, 6) is -1.20. The number of nitrogens with zero attached hydrogens (tertiary/aromatic N) is 2. The molecule has 0 saturated heterocycles. The van der Waals surface area contributed by atoms with Crippen molar-refractivity contribution in [3.05, 3.63) is 29.8 Å². The number of halogens is 1. The molecule has 1 heterocycles. The molecule has 0 spiro atoms. The molecule has 1 aliphatic carbocycles. The van der Waals surface area contributed by atoms with E-state index >= 15 is 0 Å². The molecule has 1 aromatic heterocycles. The summed E-state index contributed by atoms with van der Waals surface area (Å²) in [6, 6.07) is 6.08. The normalized spacial score (nSPS) is 17.0. The minimum absolute atomic E-state index is 0.00141. The number of hydrogen-bond acceptors (Lipinski definition) is 3. The summed E-state index contributed by atoms with van der Waals surface area (Å²) in [6.45, 7) is 0. The average molecular weight is 219 g/mol. The van der Waals surface area contributed by atoms with Crippen molar-refractivity contribution in [1.82, 2.24) is 10.3 Å². The van der Waals surface area contributed by atoms with Crippen LogP contribution in [-0.2, 0) is 0 Å². The molecule has 1 aliphatic rings. The van der Waals surface area contributed by atoms with Gasteiger partial charge in [0, 0.05) is 0 Å². The van der Waals surface area contributed by atoms with Gasteiger partial charge in [0.25, 0.3) is 5.91 Å². The van der Waals surface area contributed by atoms with Crippen molar-refractivity contribution in [2.24, 2.45) is 0 Å². The third-order valence-electron chi connectivity index (χ3n) is 2.72. The minimum Gasteiger partial charge on any atom is -0.332 e. The Bertz CT molecular complexity index is 463. The highest BCUT2D eigenvalue weighted by molar-refractivity contribution is 5.93. The summed E-state index contributed by atoms with van der Waals surface area (Å²) < 4.78 is 12.8. The molecule has 0 unspecified atom stereocenters. The van der Waals surface area contributed by atoms with Crippen molar-refractivity contribution in [2.75, 3.05) is 0 Å². The monoisotopic (exact) mass is 219 g/mol. The van der Waals surface area contributed by atoms with Crippen LogP contribution in [0.3, 0.4) is 0 Å². The molecule has 0 atom stereocenters. The molecule has 1 fully saturated rings. The molecule has 1 amide bonds. The third kappa shape index (κ3) is 1.87. The summed E-state index contributed by atoms with van der Waals surface area (Å²) in [7, 11) is 0. The molecule has 0 radical (unpaired) electrons. The van der Waals surface area contributed by atoms with Gasteiger partial charge in [-0.3, -0.25) is 4.79 Å². The molecule has 1 N–H and O–H groups in total. The van der Waals surface area contributed by atoms with Gasteiger partial charge < -0.3 is 5.32 Å². The Balaban J connectivity index is 2.12. The van der Waals surface area contributed by atoms with Gasteiger partial charge in [-0.2, -0.15) is 9.65 Å². The SMILES string of the molecule is N#CC1(NC(=O)c2cccc(F)n2)CCC1. The Labute approximate surface area is 92.1 Å². The average Bonchev–Trinajstić information content (AvgIpc) is 2.23. The highest BCUT2D eigenvalue weighted by Gasteiger charge is 2.38. The van der Waals surface area contributed by atoms with E-state index in [9.17, 15) is 9.18 Å². The third-order valence-corrected chi connectivity index (χ3v) is 2.72. The number of carbonyl (C=O) groups excluding carboxylic acids is 1. The van der Waals surface area contributed by atoms with Crippen LogP contribution in [-0.4, -0.2) is 16.4 Å². The fourth-order valence-electron chi connectivity index (χ4n) is 1.61. The van der Waals surface area contributed by atoms with Crippen LogP contribution in [0.5, 0.6) is 0 Å². The molecule has 4 nitrogen and oxygen atoms in total. The van der Waals surface area contributed by atoms with Crippen molar-refractivity contribution in [3.63, 3.8) is 0 Å². The predicted octanol–water partition coefficient (Wildman–Crippen LogP) is 1.40. The second-order valence-corrected chi connectivity index (χ2v) is 3.85. The van der Waals surface area contributed by atoms with E-state index in [0.717, 1.165) is 6.42 Å². The quantitative estimate of drug-likeness (QED) is 0.764. The standard InChI is InChI=1S/C11H10FN3O/c12-9-4-1-3-8(14-9)10(16)15-11(7-13)5-2-6-11/h1,3-4H,2,5-6H2,(H,15,16). The van der Waals surface area contributed by atoms with Gasteiger partial charge in [-0.15, -0.1) is 0 Å². The van der Waals surface area contributed by atoms with Gasteiger partial charge in [0.1, 0.15) is 11.2 Å². The first kappa shape index (κ1) is 10.6. The first-order valence-corrected chi connectivity index (χ1v) is 5.02. The van der Waals surface area contributed by atoms with E-state index in [1.165, 1.54) is 18.2 Å². The van der Waals surface area contributed by atoms with Gasteiger partial charge in [-0.1, -0.05) is 6.07 Å². The first-order valence-electron chi connectivity index (χ1n) is 5.02. The predicted molar refractivity (Wildman–Crippen MR) is 53.9 cm³/mol. The van der Waals surface area contributed by atoms with Gasteiger partial charge in [0.2, 0.25) is 5.95 Å². The highest BCUT2D eigenvalue weighted by Crippen LogP contribution is 2.31. The maximum absolute atomic E-state index is 12.8. The number of rotatable bonds is 2. The Hall–Kier alpha value is -1.96. The van der Waals surface area contributed by atoms with Crippen LogP contribution in [0.25, 0.3) is 0 Å². The summed E-state index contributed by atoms with van der Waals surface area (Å²) in [4.78, 5) is 15.1. The van der Waals surface area contributed by atoms with Crippen LogP contribution in [0.2, 0.25) is 0 Å². The summed E-state index contributed by atoms with van der Waals surface area (Å²) in [5, 5.41) is 11.5. The van der Waals surface area contributed by atoms with Crippen molar-refractivity contribution < 1.29 is 9.18 Å². The van der Waals surface area contributed by atoms with E-state index in [1.807, 2.05) is 0 Å². The molecule has 1 aromatic rings. The molecule has 0 bridgehead atoms. The van der Waals surface area contributed by atoms with E-state index in [2.05, 4.69) is 16.4 Å². The first-order chi connectivity index (χ1) is 7.65. The lowest BCUT2D eigenvalue weighted by atomic mass is 9.78.